The van der Waals surface area contributed by atoms with E-state index in [-0.39, 0.29) is 47.3 Å². The number of carbonyl (C=O) groups excluding carboxylic acids is 1. The van der Waals surface area contributed by atoms with Crippen LogP contribution in [0.2, 0.25) is 5.02 Å². The van der Waals surface area contributed by atoms with E-state index in [1.807, 2.05) is 0 Å². The number of rotatable bonds is 3. The van der Waals surface area contributed by atoms with Crippen LogP contribution in [-0.4, -0.2) is 36.5 Å². The number of ketones is 1. The third kappa shape index (κ3) is 2.82. The van der Waals surface area contributed by atoms with E-state index >= 15 is 0 Å². The molecule has 1 fully saturated rings. The minimum Gasteiger partial charge on any atom is -0.300 e. The summed E-state index contributed by atoms with van der Waals surface area (Å²) in [7, 11) is -3.93. The number of hydrogen-bond donors (Lipinski definition) is 0. The molecule has 0 bridgehead atoms. The summed E-state index contributed by atoms with van der Waals surface area (Å²) < 4.78 is 25.9. The van der Waals surface area contributed by atoms with Crippen LogP contribution in [0.1, 0.15) is 12.8 Å². The second-order valence-electron chi connectivity index (χ2n) is 4.31. The van der Waals surface area contributed by atoms with Crippen molar-refractivity contribution >= 4 is 33.1 Å². The minimum atomic E-state index is -3.93. The number of carbonyl (C=O) groups is 1. The van der Waals surface area contributed by atoms with Crippen molar-refractivity contribution in [1.29, 1.82) is 0 Å². The molecule has 1 aromatic carbocycles. The van der Waals surface area contributed by atoms with Gasteiger partial charge in [0.1, 0.15) is 10.7 Å². The van der Waals surface area contributed by atoms with Gasteiger partial charge in [0.15, 0.2) is 0 Å². The molecule has 7 nitrogen and oxygen atoms in total. The number of nitro groups is 1. The molecule has 0 saturated carbocycles. The quantitative estimate of drug-likeness (QED) is 0.623. The highest BCUT2D eigenvalue weighted by Crippen LogP contribution is 2.29. The third-order valence-electron chi connectivity index (χ3n) is 3.02. The van der Waals surface area contributed by atoms with Gasteiger partial charge in [-0.05, 0) is 6.07 Å². The topological polar surface area (TPSA) is 97.6 Å². The lowest BCUT2D eigenvalue weighted by molar-refractivity contribution is -0.385. The van der Waals surface area contributed by atoms with E-state index in [9.17, 15) is 23.3 Å². The zero-order valence-corrected chi connectivity index (χ0v) is 11.9. The number of benzene rings is 1. The van der Waals surface area contributed by atoms with Crippen LogP contribution in [0.25, 0.3) is 0 Å². The fourth-order valence-corrected chi connectivity index (χ4v) is 3.85. The smallest absolute Gasteiger partial charge is 0.270 e. The lowest BCUT2D eigenvalue weighted by Crippen LogP contribution is -2.38. The first kappa shape index (κ1) is 14.9. The maximum Gasteiger partial charge on any atom is 0.270 e. The van der Waals surface area contributed by atoms with Crippen LogP contribution in [0.5, 0.6) is 0 Å². The van der Waals surface area contributed by atoms with Crippen molar-refractivity contribution in [2.75, 3.05) is 13.1 Å². The van der Waals surface area contributed by atoms with Crippen molar-refractivity contribution < 1.29 is 18.1 Å². The van der Waals surface area contributed by atoms with Gasteiger partial charge in [-0.1, -0.05) is 11.6 Å². The van der Waals surface area contributed by atoms with Gasteiger partial charge in [0.05, 0.1) is 9.95 Å². The summed E-state index contributed by atoms with van der Waals surface area (Å²) in [6.07, 6.45) is 0.289. The maximum absolute atomic E-state index is 12.4. The number of nitro benzene ring substituents is 1. The molecule has 1 aromatic rings. The van der Waals surface area contributed by atoms with Crippen molar-refractivity contribution in [3.8, 4) is 0 Å². The Morgan fingerprint density at radius 2 is 1.85 bits per heavy atom. The molecule has 0 aromatic heterocycles. The number of hydrogen-bond acceptors (Lipinski definition) is 5. The molecular formula is C11H11ClN2O5S. The first-order valence-corrected chi connectivity index (χ1v) is 7.60. The Hall–Kier alpha value is -1.51. The molecule has 1 aliphatic rings. The second kappa shape index (κ2) is 5.47. The zero-order chi connectivity index (χ0) is 14.9. The molecule has 20 heavy (non-hydrogen) atoms. The number of non-ortho nitro benzene ring substituents is 1. The van der Waals surface area contributed by atoms with E-state index < -0.39 is 14.9 Å². The Labute approximate surface area is 120 Å². The SMILES string of the molecule is O=C1CCN(S(=O)(=O)c2cc([N+](=O)[O-])ccc2Cl)CC1. The lowest BCUT2D eigenvalue weighted by Gasteiger charge is -2.25. The summed E-state index contributed by atoms with van der Waals surface area (Å²) in [4.78, 5) is 20.9. The molecule has 9 heteroatoms. The summed E-state index contributed by atoms with van der Waals surface area (Å²) in [6.45, 7) is 0.139. The van der Waals surface area contributed by atoms with Crippen molar-refractivity contribution in [2.24, 2.45) is 0 Å². The summed E-state index contributed by atoms with van der Waals surface area (Å²) in [5.41, 5.74) is -0.346. The molecule has 0 N–H and O–H groups in total. The van der Waals surface area contributed by atoms with E-state index in [2.05, 4.69) is 0 Å². The summed E-state index contributed by atoms with van der Waals surface area (Å²) in [6, 6.07) is 3.26. The van der Waals surface area contributed by atoms with Gasteiger partial charge in [-0.2, -0.15) is 4.31 Å². The number of Topliss-reactive ketones (excluding diaryl/α,β-unsaturated/α-hetero) is 1. The van der Waals surface area contributed by atoms with Gasteiger partial charge >= 0.3 is 0 Å². The number of nitrogens with zero attached hydrogens (tertiary/aromatic N) is 2. The largest absolute Gasteiger partial charge is 0.300 e. The minimum absolute atomic E-state index is 0.00147. The summed E-state index contributed by atoms with van der Waals surface area (Å²) in [5, 5.41) is 10.6. The van der Waals surface area contributed by atoms with Crippen LogP contribution in [-0.2, 0) is 14.8 Å². The molecule has 1 saturated heterocycles. The van der Waals surface area contributed by atoms with Gasteiger partial charge in [-0.3, -0.25) is 14.9 Å². The van der Waals surface area contributed by atoms with Crippen LogP contribution in [0.4, 0.5) is 5.69 Å². The molecule has 108 valence electrons. The van der Waals surface area contributed by atoms with Crippen molar-refractivity contribution in [3.05, 3.63) is 33.3 Å². The molecule has 0 radical (unpaired) electrons. The van der Waals surface area contributed by atoms with Gasteiger partial charge < -0.3 is 0 Å². The average molecular weight is 319 g/mol. The predicted molar refractivity (Wildman–Crippen MR) is 71.1 cm³/mol. The van der Waals surface area contributed by atoms with Gasteiger partial charge in [0.25, 0.3) is 5.69 Å². The highest BCUT2D eigenvalue weighted by Gasteiger charge is 2.31. The molecule has 1 heterocycles. The number of halogens is 1. The van der Waals surface area contributed by atoms with E-state index in [0.29, 0.717) is 0 Å². The Kier molecular flexibility index (Phi) is 4.07. The van der Waals surface area contributed by atoms with E-state index in [1.165, 1.54) is 6.07 Å². The van der Waals surface area contributed by atoms with Crippen LogP contribution in [0, 0.1) is 10.1 Å². The number of piperidine rings is 1. The van der Waals surface area contributed by atoms with E-state index in [1.54, 1.807) is 0 Å². The number of sulfonamides is 1. The average Bonchev–Trinajstić information content (AvgIpc) is 2.39. The van der Waals surface area contributed by atoms with Gasteiger partial charge in [0, 0.05) is 38.1 Å². The fourth-order valence-electron chi connectivity index (χ4n) is 1.92. The van der Waals surface area contributed by atoms with Crippen molar-refractivity contribution in [3.63, 3.8) is 0 Å². The molecular weight excluding hydrogens is 308 g/mol. The van der Waals surface area contributed by atoms with Crippen molar-refractivity contribution in [2.45, 2.75) is 17.7 Å². The Morgan fingerprint density at radius 1 is 1.25 bits per heavy atom. The van der Waals surface area contributed by atoms with Crippen LogP contribution < -0.4 is 0 Å². The van der Waals surface area contributed by atoms with Crippen LogP contribution in [0.3, 0.4) is 0 Å². The first-order chi connectivity index (χ1) is 9.32. The maximum atomic E-state index is 12.4. The monoisotopic (exact) mass is 318 g/mol. The highest BCUT2D eigenvalue weighted by molar-refractivity contribution is 7.89. The van der Waals surface area contributed by atoms with Gasteiger partial charge in [0.2, 0.25) is 10.0 Å². The normalized spacial score (nSPS) is 17.1. The third-order valence-corrected chi connectivity index (χ3v) is 5.40. The summed E-state index contributed by atoms with van der Waals surface area (Å²) in [5.74, 6) is 0.00147. The predicted octanol–water partition coefficient (Wildman–Crippen LogP) is 1.60. The second-order valence-corrected chi connectivity index (χ2v) is 6.63. The van der Waals surface area contributed by atoms with Gasteiger partial charge in [-0.25, -0.2) is 8.42 Å². The van der Waals surface area contributed by atoms with Gasteiger partial charge in [-0.15, -0.1) is 0 Å². The standard InChI is InChI=1S/C11H11ClN2O5S/c12-10-2-1-8(14(16)17)7-11(10)20(18,19)13-5-3-9(15)4-6-13/h1-2,7H,3-6H2. The van der Waals surface area contributed by atoms with E-state index in [0.717, 1.165) is 16.4 Å². The molecule has 0 amide bonds. The molecule has 1 aliphatic heterocycles. The van der Waals surface area contributed by atoms with Crippen LogP contribution in [0.15, 0.2) is 23.1 Å². The van der Waals surface area contributed by atoms with Crippen LogP contribution >= 0.6 is 11.6 Å². The Bertz CT molecular complexity index is 663. The lowest BCUT2D eigenvalue weighted by atomic mass is 10.1. The molecule has 0 unspecified atom stereocenters. The van der Waals surface area contributed by atoms with Crippen molar-refractivity contribution in [1.82, 2.24) is 4.31 Å². The molecule has 0 atom stereocenters. The molecule has 0 spiro atoms. The Balaban J connectivity index is 2.41. The van der Waals surface area contributed by atoms with E-state index in [4.69, 9.17) is 11.6 Å². The Morgan fingerprint density at radius 3 is 2.40 bits per heavy atom. The molecule has 0 aliphatic carbocycles. The first-order valence-electron chi connectivity index (χ1n) is 5.78. The molecule has 2 rings (SSSR count). The summed E-state index contributed by atoms with van der Waals surface area (Å²) >= 11 is 5.84. The zero-order valence-electron chi connectivity index (χ0n) is 10.3. The highest BCUT2D eigenvalue weighted by atomic mass is 35.5. The fraction of sp³-hybridized carbons (Fsp3) is 0.364.